The Labute approximate surface area is 194 Å². The van der Waals surface area contributed by atoms with E-state index in [1.807, 2.05) is 73.6 Å². The number of amidine groups is 1. The number of hydrogen-bond donors (Lipinski definition) is 1. The van der Waals surface area contributed by atoms with Gasteiger partial charge >= 0.3 is 0 Å². The highest BCUT2D eigenvalue weighted by Gasteiger charge is 2.44. The van der Waals surface area contributed by atoms with Crippen molar-refractivity contribution in [2.45, 2.75) is 44.6 Å². The molecule has 7 nitrogen and oxygen atoms in total. The van der Waals surface area contributed by atoms with Crippen LogP contribution in [0, 0.1) is 0 Å². The maximum atomic E-state index is 14.0. The van der Waals surface area contributed by atoms with Crippen LogP contribution in [0.2, 0.25) is 0 Å². The first kappa shape index (κ1) is 24.4. The lowest BCUT2D eigenvalue weighted by Crippen LogP contribution is -2.42. The SMILES string of the molecule is CCC(=O)C1N=C2C(F)CC(c3ccccc3)N2N1.CN(C)c1ccccc1OCCC=O. The second-order valence-electron chi connectivity index (χ2n) is 8.00. The van der Waals surface area contributed by atoms with Gasteiger partial charge in [-0.1, -0.05) is 49.4 Å². The molecule has 0 bridgehead atoms. The lowest BCUT2D eigenvalue weighted by Gasteiger charge is -2.24. The standard InChI is InChI=1S/C14H16FN3O.C11H15NO2/c1-2-12(19)13-16-14-10(15)8-11(18(14)17-13)9-6-4-3-5-7-9;1-12(2)10-6-3-4-7-11(10)14-9-5-8-13/h3-7,10-11,13,17H,2,8H2,1H3;3-4,6-8H,5,9H2,1-2H3. The van der Waals surface area contributed by atoms with Gasteiger partial charge in [0.15, 0.2) is 24.0 Å². The molecule has 176 valence electrons. The molecule has 2 aromatic rings. The first-order valence-electron chi connectivity index (χ1n) is 11.1. The summed E-state index contributed by atoms with van der Waals surface area (Å²) >= 11 is 0. The number of halogens is 1. The summed E-state index contributed by atoms with van der Waals surface area (Å²) in [5.41, 5.74) is 5.08. The first-order valence-corrected chi connectivity index (χ1v) is 11.1. The smallest absolute Gasteiger partial charge is 0.177 e. The van der Waals surface area contributed by atoms with Crippen molar-refractivity contribution in [1.82, 2.24) is 10.4 Å². The summed E-state index contributed by atoms with van der Waals surface area (Å²) in [5.74, 6) is 1.17. The van der Waals surface area contributed by atoms with Crippen LogP contribution in [0.4, 0.5) is 10.1 Å². The number of ether oxygens (including phenoxy) is 1. The molecule has 4 rings (SSSR count). The number of alkyl halides is 1. The van der Waals surface area contributed by atoms with E-state index in [0.717, 1.165) is 23.3 Å². The van der Waals surface area contributed by atoms with Crippen LogP contribution in [-0.4, -0.2) is 56.0 Å². The second kappa shape index (κ2) is 11.6. The number of aliphatic imine (C=N–C) groups is 1. The van der Waals surface area contributed by atoms with Gasteiger partial charge in [-0.2, -0.15) is 0 Å². The van der Waals surface area contributed by atoms with E-state index in [4.69, 9.17) is 4.74 Å². The van der Waals surface area contributed by atoms with Crippen molar-refractivity contribution in [2.24, 2.45) is 4.99 Å². The maximum absolute atomic E-state index is 14.0. The Bertz CT molecular complexity index is 967. The minimum absolute atomic E-state index is 0.0130. The topological polar surface area (TPSA) is 74.2 Å². The Morgan fingerprint density at radius 3 is 2.58 bits per heavy atom. The number of fused-ring (bicyclic) bond motifs is 1. The van der Waals surface area contributed by atoms with Gasteiger partial charge < -0.3 is 14.4 Å². The molecule has 0 saturated carbocycles. The van der Waals surface area contributed by atoms with Crippen molar-refractivity contribution >= 4 is 23.6 Å². The molecule has 1 N–H and O–H groups in total. The minimum atomic E-state index is -1.10. The van der Waals surface area contributed by atoms with E-state index in [-0.39, 0.29) is 11.8 Å². The van der Waals surface area contributed by atoms with Gasteiger partial charge in [0.05, 0.1) is 18.3 Å². The predicted molar refractivity (Wildman–Crippen MR) is 127 cm³/mol. The summed E-state index contributed by atoms with van der Waals surface area (Å²) in [6.45, 7) is 2.23. The number of ketones is 1. The Morgan fingerprint density at radius 2 is 1.91 bits per heavy atom. The average Bonchev–Trinajstić information content (AvgIpc) is 3.40. The second-order valence-corrected chi connectivity index (χ2v) is 8.00. The molecule has 2 aromatic carbocycles. The van der Waals surface area contributed by atoms with Gasteiger partial charge in [-0.25, -0.2) is 14.8 Å². The monoisotopic (exact) mass is 454 g/mol. The lowest BCUT2D eigenvalue weighted by atomic mass is 10.0. The fraction of sp³-hybridized carbons (Fsp3) is 0.400. The predicted octanol–water partition coefficient (Wildman–Crippen LogP) is 3.71. The van der Waals surface area contributed by atoms with E-state index in [1.54, 1.807) is 11.9 Å². The number of para-hydroxylation sites is 2. The van der Waals surface area contributed by atoms with E-state index >= 15 is 0 Å². The van der Waals surface area contributed by atoms with E-state index in [1.165, 1.54) is 0 Å². The van der Waals surface area contributed by atoms with Crippen molar-refractivity contribution in [2.75, 3.05) is 25.6 Å². The number of benzene rings is 2. The highest BCUT2D eigenvalue weighted by molar-refractivity contribution is 5.95. The molecule has 2 heterocycles. The molecule has 3 atom stereocenters. The third-order valence-corrected chi connectivity index (χ3v) is 5.47. The Hall–Kier alpha value is -3.26. The molecule has 0 aromatic heterocycles. The number of nitrogens with zero attached hydrogens (tertiary/aromatic N) is 3. The molecular formula is C25H31FN4O3. The zero-order valence-corrected chi connectivity index (χ0v) is 19.3. The molecule has 0 aliphatic carbocycles. The van der Waals surface area contributed by atoms with Crippen LogP contribution in [-0.2, 0) is 9.59 Å². The third kappa shape index (κ3) is 5.96. The van der Waals surface area contributed by atoms with Crippen molar-refractivity contribution in [3.05, 3.63) is 60.2 Å². The number of rotatable bonds is 8. The van der Waals surface area contributed by atoms with Crippen molar-refractivity contribution < 1.29 is 18.7 Å². The number of aldehydes is 1. The van der Waals surface area contributed by atoms with Crippen molar-refractivity contribution in [3.63, 3.8) is 0 Å². The summed E-state index contributed by atoms with van der Waals surface area (Å²) < 4.78 is 19.5. The molecule has 3 unspecified atom stereocenters. The van der Waals surface area contributed by atoms with E-state index in [0.29, 0.717) is 31.7 Å². The highest BCUT2D eigenvalue weighted by Crippen LogP contribution is 2.36. The van der Waals surface area contributed by atoms with Crippen LogP contribution in [0.1, 0.15) is 37.8 Å². The summed E-state index contributed by atoms with van der Waals surface area (Å²) in [5, 5.41) is 1.72. The average molecular weight is 455 g/mol. The number of Topliss-reactive ketones (excluding diaryl/α,β-unsaturated/α-hetero) is 1. The zero-order valence-electron chi connectivity index (χ0n) is 19.3. The number of hydrogen-bond acceptors (Lipinski definition) is 7. The summed E-state index contributed by atoms with van der Waals surface area (Å²) in [6, 6.07) is 17.4. The number of hydrazine groups is 1. The molecular weight excluding hydrogens is 423 g/mol. The molecule has 2 aliphatic heterocycles. The molecule has 1 fully saturated rings. The van der Waals surface area contributed by atoms with Gasteiger partial charge in [-0.3, -0.25) is 9.80 Å². The summed E-state index contributed by atoms with van der Waals surface area (Å²) in [4.78, 5) is 28.0. The molecule has 0 spiro atoms. The molecule has 1 saturated heterocycles. The molecule has 0 amide bonds. The van der Waals surface area contributed by atoms with Crippen LogP contribution < -0.4 is 15.1 Å². The van der Waals surface area contributed by atoms with Crippen LogP contribution in [0.25, 0.3) is 0 Å². The maximum Gasteiger partial charge on any atom is 0.177 e. The van der Waals surface area contributed by atoms with Gasteiger partial charge in [0.25, 0.3) is 0 Å². The van der Waals surface area contributed by atoms with Gasteiger partial charge in [0.2, 0.25) is 0 Å². The molecule has 8 heteroatoms. The van der Waals surface area contributed by atoms with Crippen molar-refractivity contribution in [3.8, 4) is 5.75 Å². The number of anilines is 1. The number of carbonyl (C=O) groups is 2. The normalized spacial score (nSPS) is 20.9. The fourth-order valence-electron chi connectivity index (χ4n) is 3.77. The lowest BCUT2D eigenvalue weighted by molar-refractivity contribution is -0.121. The van der Waals surface area contributed by atoms with E-state index in [2.05, 4.69) is 10.4 Å². The quantitative estimate of drug-likeness (QED) is 0.484. The van der Waals surface area contributed by atoms with Gasteiger partial charge in [0, 0.05) is 33.4 Å². The summed E-state index contributed by atoms with van der Waals surface area (Å²) in [7, 11) is 3.92. The Kier molecular flexibility index (Phi) is 8.54. The zero-order chi connectivity index (χ0) is 23.8. The fourth-order valence-corrected chi connectivity index (χ4v) is 3.77. The number of nitrogens with one attached hydrogen (secondary N) is 1. The van der Waals surface area contributed by atoms with Gasteiger partial charge in [0.1, 0.15) is 12.0 Å². The van der Waals surface area contributed by atoms with Crippen molar-refractivity contribution in [1.29, 1.82) is 0 Å². The largest absolute Gasteiger partial charge is 0.491 e. The van der Waals surface area contributed by atoms with E-state index < -0.39 is 12.3 Å². The summed E-state index contributed by atoms with van der Waals surface area (Å²) in [6.07, 6.45) is 0.343. The van der Waals surface area contributed by atoms with Crippen LogP contribution in [0.15, 0.2) is 59.6 Å². The Balaban J connectivity index is 0.000000196. The Morgan fingerprint density at radius 1 is 1.21 bits per heavy atom. The first-order chi connectivity index (χ1) is 16.0. The van der Waals surface area contributed by atoms with Gasteiger partial charge in [-0.05, 0) is 17.7 Å². The van der Waals surface area contributed by atoms with Gasteiger partial charge in [-0.15, -0.1) is 0 Å². The third-order valence-electron chi connectivity index (χ3n) is 5.47. The minimum Gasteiger partial charge on any atom is -0.491 e. The molecule has 0 radical (unpaired) electrons. The van der Waals surface area contributed by atoms with Crippen LogP contribution in [0.3, 0.4) is 0 Å². The van der Waals surface area contributed by atoms with Crippen LogP contribution >= 0.6 is 0 Å². The highest BCUT2D eigenvalue weighted by atomic mass is 19.1. The van der Waals surface area contributed by atoms with E-state index in [9.17, 15) is 14.0 Å². The number of carbonyl (C=O) groups excluding carboxylic acids is 2. The molecule has 33 heavy (non-hydrogen) atoms. The van der Waals surface area contributed by atoms with Crippen LogP contribution in [0.5, 0.6) is 5.75 Å². The molecule has 2 aliphatic rings.